The number of hydrogen-bond acceptors (Lipinski definition) is 3. The Morgan fingerprint density at radius 1 is 1.53 bits per heavy atom. The quantitative estimate of drug-likeness (QED) is 0.723. The molecule has 0 aliphatic carbocycles. The molecule has 6 heteroatoms. The highest BCUT2D eigenvalue weighted by Crippen LogP contribution is 2.05. The first-order chi connectivity index (χ1) is 8.16. The molecule has 1 aromatic rings. The van der Waals surface area contributed by atoms with E-state index in [4.69, 9.17) is 0 Å². The Hall–Kier alpha value is -1.98. The van der Waals surface area contributed by atoms with E-state index < -0.39 is 17.9 Å². The van der Waals surface area contributed by atoms with Gasteiger partial charge in [-0.15, -0.1) is 0 Å². The molecule has 5 nitrogen and oxygen atoms in total. The average molecular weight is 237 g/mol. The number of aromatic nitrogens is 1. The summed E-state index contributed by atoms with van der Waals surface area (Å²) >= 11 is 0. The van der Waals surface area contributed by atoms with E-state index in [0.717, 1.165) is 12.5 Å². The van der Waals surface area contributed by atoms with E-state index >= 15 is 0 Å². The molecule has 1 aliphatic rings. The maximum atomic E-state index is 12.8. The summed E-state index contributed by atoms with van der Waals surface area (Å²) in [7, 11) is 0. The van der Waals surface area contributed by atoms with E-state index in [1.165, 1.54) is 12.1 Å². The molecule has 17 heavy (non-hydrogen) atoms. The van der Waals surface area contributed by atoms with Crippen molar-refractivity contribution in [2.45, 2.75) is 18.9 Å². The lowest BCUT2D eigenvalue weighted by atomic mass is 10.1. The van der Waals surface area contributed by atoms with Crippen LogP contribution in [0.3, 0.4) is 0 Å². The van der Waals surface area contributed by atoms with Gasteiger partial charge in [0, 0.05) is 6.54 Å². The summed E-state index contributed by atoms with van der Waals surface area (Å²) in [5, 5.41) is 5.18. The summed E-state index contributed by atoms with van der Waals surface area (Å²) in [5.41, 5.74) is -0.0247. The molecule has 1 atom stereocenters. The standard InChI is InChI=1S/C11H12FN3O2/c12-9-5-1-3-8(14-9)11(17)15-7-4-2-6-13-10(7)16/h1,3,5,7H,2,4,6H2,(H,13,16)(H,15,17). The van der Waals surface area contributed by atoms with E-state index in [0.29, 0.717) is 13.0 Å². The zero-order valence-electron chi connectivity index (χ0n) is 9.07. The zero-order chi connectivity index (χ0) is 12.3. The summed E-state index contributed by atoms with van der Waals surface area (Å²) in [6.45, 7) is 0.628. The van der Waals surface area contributed by atoms with Crippen LogP contribution >= 0.6 is 0 Å². The number of nitrogens with zero attached hydrogens (tertiary/aromatic N) is 1. The van der Waals surface area contributed by atoms with Gasteiger partial charge in [-0.1, -0.05) is 6.07 Å². The fourth-order valence-electron chi connectivity index (χ4n) is 1.68. The van der Waals surface area contributed by atoms with Gasteiger partial charge < -0.3 is 10.6 Å². The molecule has 90 valence electrons. The van der Waals surface area contributed by atoms with Crippen molar-refractivity contribution in [3.63, 3.8) is 0 Å². The number of amides is 2. The Bertz CT molecular complexity index is 450. The van der Waals surface area contributed by atoms with Gasteiger partial charge in [0.1, 0.15) is 11.7 Å². The summed E-state index contributed by atoms with van der Waals surface area (Å²) in [6, 6.07) is 3.41. The van der Waals surface area contributed by atoms with Crippen LogP contribution in [0.5, 0.6) is 0 Å². The van der Waals surface area contributed by atoms with Crippen LogP contribution in [0.25, 0.3) is 0 Å². The number of rotatable bonds is 2. The van der Waals surface area contributed by atoms with Gasteiger partial charge in [-0.2, -0.15) is 4.39 Å². The van der Waals surface area contributed by atoms with E-state index in [1.807, 2.05) is 0 Å². The third-order valence-corrected chi connectivity index (χ3v) is 2.54. The van der Waals surface area contributed by atoms with Crippen LogP contribution in [0, 0.1) is 5.95 Å². The molecule has 2 rings (SSSR count). The highest BCUT2D eigenvalue weighted by atomic mass is 19.1. The topological polar surface area (TPSA) is 71.1 Å². The number of piperidine rings is 1. The largest absolute Gasteiger partial charge is 0.354 e. The number of pyridine rings is 1. The molecule has 1 unspecified atom stereocenters. The number of nitrogens with one attached hydrogen (secondary N) is 2. The minimum absolute atomic E-state index is 0.0247. The highest BCUT2D eigenvalue weighted by Gasteiger charge is 2.24. The fourth-order valence-corrected chi connectivity index (χ4v) is 1.68. The lowest BCUT2D eigenvalue weighted by Crippen LogP contribution is -2.50. The minimum atomic E-state index is -0.717. The Morgan fingerprint density at radius 2 is 2.35 bits per heavy atom. The lowest BCUT2D eigenvalue weighted by Gasteiger charge is -2.22. The first kappa shape index (κ1) is 11.5. The second-order valence-corrected chi connectivity index (χ2v) is 3.80. The summed E-state index contributed by atoms with van der Waals surface area (Å²) in [6.07, 6.45) is 1.40. The summed E-state index contributed by atoms with van der Waals surface area (Å²) in [4.78, 5) is 26.6. The normalized spacial score (nSPS) is 19.6. The molecule has 2 heterocycles. The third-order valence-electron chi connectivity index (χ3n) is 2.54. The van der Waals surface area contributed by atoms with E-state index in [-0.39, 0.29) is 11.6 Å². The zero-order valence-corrected chi connectivity index (χ0v) is 9.07. The van der Waals surface area contributed by atoms with Crippen molar-refractivity contribution in [1.82, 2.24) is 15.6 Å². The number of hydrogen-bond donors (Lipinski definition) is 2. The first-order valence-electron chi connectivity index (χ1n) is 5.38. The third kappa shape index (κ3) is 2.77. The lowest BCUT2D eigenvalue weighted by molar-refractivity contribution is -0.124. The molecular formula is C11H12FN3O2. The molecule has 2 N–H and O–H groups in total. The Kier molecular flexibility index (Phi) is 3.32. The monoisotopic (exact) mass is 237 g/mol. The fraction of sp³-hybridized carbons (Fsp3) is 0.364. The van der Waals surface area contributed by atoms with Gasteiger partial charge in [0.25, 0.3) is 5.91 Å². The van der Waals surface area contributed by atoms with Crippen molar-refractivity contribution in [3.05, 3.63) is 29.8 Å². The molecular weight excluding hydrogens is 225 g/mol. The van der Waals surface area contributed by atoms with Crippen LogP contribution in [0.2, 0.25) is 0 Å². The van der Waals surface area contributed by atoms with Gasteiger partial charge >= 0.3 is 0 Å². The second kappa shape index (κ2) is 4.90. The molecule has 1 saturated heterocycles. The second-order valence-electron chi connectivity index (χ2n) is 3.80. The molecule has 1 aliphatic heterocycles. The van der Waals surface area contributed by atoms with Gasteiger partial charge in [-0.05, 0) is 25.0 Å². The van der Waals surface area contributed by atoms with Gasteiger partial charge in [-0.25, -0.2) is 4.98 Å². The molecule has 0 aromatic carbocycles. The highest BCUT2D eigenvalue weighted by molar-refractivity contribution is 5.96. The minimum Gasteiger partial charge on any atom is -0.354 e. The van der Waals surface area contributed by atoms with Gasteiger partial charge in [0.2, 0.25) is 11.9 Å². The van der Waals surface area contributed by atoms with Crippen molar-refractivity contribution in [2.24, 2.45) is 0 Å². The van der Waals surface area contributed by atoms with Gasteiger partial charge in [-0.3, -0.25) is 9.59 Å². The van der Waals surface area contributed by atoms with Crippen LogP contribution in [-0.2, 0) is 4.79 Å². The van der Waals surface area contributed by atoms with Crippen LogP contribution in [0.4, 0.5) is 4.39 Å². The number of carbonyl (C=O) groups excluding carboxylic acids is 2. The smallest absolute Gasteiger partial charge is 0.270 e. The predicted molar refractivity (Wildman–Crippen MR) is 57.7 cm³/mol. The Morgan fingerprint density at radius 3 is 3.06 bits per heavy atom. The molecule has 0 bridgehead atoms. The van der Waals surface area contributed by atoms with Gasteiger partial charge in [0.05, 0.1) is 0 Å². The van der Waals surface area contributed by atoms with Crippen molar-refractivity contribution < 1.29 is 14.0 Å². The van der Waals surface area contributed by atoms with Crippen LogP contribution in [-0.4, -0.2) is 29.4 Å². The van der Waals surface area contributed by atoms with E-state index in [1.54, 1.807) is 0 Å². The van der Waals surface area contributed by atoms with Gasteiger partial charge in [0.15, 0.2) is 0 Å². The first-order valence-corrected chi connectivity index (χ1v) is 5.38. The Balaban J connectivity index is 2.03. The maximum absolute atomic E-state index is 12.8. The van der Waals surface area contributed by atoms with Crippen LogP contribution in [0.15, 0.2) is 18.2 Å². The molecule has 2 amide bonds. The Labute approximate surface area is 97.4 Å². The summed E-state index contributed by atoms with van der Waals surface area (Å²) < 4.78 is 12.8. The van der Waals surface area contributed by atoms with E-state index in [9.17, 15) is 14.0 Å². The van der Waals surface area contributed by atoms with Crippen molar-refractivity contribution in [2.75, 3.05) is 6.54 Å². The van der Waals surface area contributed by atoms with Crippen molar-refractivity contribution in [1.29, 1.82) is 0 Å². The molecule has 0 spiro atoms. The molecule has 1 fully saturated rings. The van der Waals surface area contributed by atoms with Crippen LogP contribution in [0.1, 0.15) is 23.3 Å². The molecule has 0 radical (unpaired) electrons. The SMILES string of the molecule is O=C(NC1CCCNC1=O)c1cccc(F)n1. The molecule has 1 aromatic heterocycles. The molecule has 0 saturated carbocycles. The van der Waals surface area contributed by atoms with Crippen LogP contribution < -0.4 is 10.6 Å². The van der Waals surface area contributed by atoms with Crippen molar-refractivity contribution in [3.8, 4) is 0 Å². The average Bonchev–Trinajstić information content (AvgIpc) is 2.32. The van der Waals surface area contributed by atoms with E-state index in [2.05, 4.69) is 15.6 Å². The maximum Gasteiger partial charge on any atom is 0.270 e. The number of carbonyl (C=O) groups is 2. The summed E-state index contributed by atoms with van der Waals surface area (Å²) in [5.74, 6) is -1.46. The van der Waals surface area contributed by atoms with Crippen molar-refractivity contribution >= 4 is 11.8 Å². The number of halogens is 1. The predicted octanol–water partition coefficient (Wildman–Crippen LogP) is 0.229.